The standard InChI is InChI=1S/C21H19ClF4N6O2/c22-14-9-12(23)1-2-13(14)20(3-4-20)19-28-18(34-30-19)15-10-16(21(24,25)26)32(29-15)11-17(33)31-7-5-27-6-8-31/h1-2,9-10,27H,3-8,11H2. The fourth-order valence-corrected chi connectivity index (χ4v) is 4.50. The Morgan fingerprint density at radius 1 is 1.21 bits per heavy atom. The Balaban J connectivity index is 1.44. The molecule has 1 saturated heterocycles. The summed E-state index contributed by atoms with van der Waals surface area (Å²) >= 11 is 6.21. The highest BCUT2D eigenvalue weighted by molar-refractivity contribution is 6.31. The number of benzene rings is 1. The molecule has 3 heterocycles. The Kier molecular flexibility index (Phi) is 5.59. The van der Waals surface area contributed by atoms with Gasteiger partial charge in [0.15, 0.2) is 11.5 Å². The molecular weight excluding hydrogens is 480 g/mol. The van der Waals surface area contributed by atoms with Crippen molar-refractivity contribution in [2.24, 2.45) is 0 Å². The average molecular weight is 499 g/mol. The van der Waals surface area contributed by atoms with Gasteiger partial charge in [0.1, 0.15) is 18.1 Å². The van der Waals surface area contributed by atoms with E-state index in [0.717, 1.165) is 6.07 Å². The zero-order valence-corrected chi connectivity index (χ0v) is 18.5. The van der Waals surface area contributed by atoms with Crippen molar-refractivity contribution in [3.63, 3.8) is 0 Å². The van der Waals surface area contributed by atoms with Gasteiger partial charge in [-0.2, -0.15) is 23.3 Å². The molecule has 1 N–H and O–H groups in total. The van der Waals surface area contributed by atoms with Crippen molar-refractivity contribution < 1.29 is 26.9 Å². The molecule has 2 aromatic heterocycles. The first-order valence-corrected chi connectivity index (χ1v) is 11.0. The van der Waals surface area contributed by atoms with E-state index < -0.39 is 35.6 Å². The van der Waals surface area contributed by atoms with Gasteiger partial charge in [0.05, 0.1) is 5.41 Å². The summed E-state index contributed by atoms with van der Waals surface area (Å²) in [5, 5.41) is 11.2. The molecule has 0 atom stereocenters. The number of carbonyl (C=O) groups excluding carboxylic acids is 1. The monoisotopic (exact) mass is 498 g/mol. The van der Waals surface area contributed by atoms with Crippen LogP contribution in [-0.2, 0) is 22.9 Å². The van der Waals surface area contributed by atoms with Crippen LogP contribution in [0.15, 0.2) is 28.8 Å². The summed E-state index contributed by atoms with van der Waals surface area (Å²) < 4.78 is 60.3. The predicted molar refractivity (Wildman–Crippen MR) is 111 cm³/mol. The van der Waals surface area contributed by atoms with Crippen molar-refractivity contribution >= 4 is 17.5 Å². The molecule has 2 aliphatic rings. The SMILES string of the molecule is O=C(Cn1nc(-c2nc(C3(c4ccc(F)cc4Cl)CC3)no2)cc1C(F)(F)F)N1CCNCC1. The first-order valence-electron chi connectivity index (χ1n) is 10.6. The Bertz CT molecular complexity index is 1230. The number of piperazine rings is 1. The van der Waals surface area contributed by atoms with Crippen LogP contribution in [0.3, 0.4) is 0 Å². The van der Waals surface area contributed by atoms with Crippen LogP contribution < -0.4 is 5.32 Å². The summed E-state index contributed by atoms with van der Waals surface area (Å²) in [7, 11) is 0. The Morgan fingerprint density at radius 2 is 1.94 bits per heavy atom. The van der Waals surface area contributed by atoms with Crippen LogP contribution in [0, 0.1) is 5.82 Å². The smallest absolute Gasteiger partial charge is 0.339 e. The van der Waals surface area contributed by atoms with E-state index in [0.29, 0.717) is 49.3 Å². The summed E-state index contributed by atoms with van der Waals surface area (Å²) in [6, 6.07) is 4.78. The van der Waals surface area contributed by atoms with Gasteiger partial charge in [0, 0.05) is 37.3 Å². The number of halogens is 5. The van der Waals surface area contributed by atoms with Gasteiger partial charge >= 0.3 is 6.18 Å². The van der Waals surface area contributed by atoms with E-state index in [1.165, 1.54) is 17.0 Å². The minimum Gasteiger partial charge on any atom is -0.339 e. The van der Waals surface area contributed by atoms with Crippen LogP contribution >= 0.6 is 11.6 Å². The maximum atomic E-state index is 13.7. The number of nitrogens with one attached hydrogen (secondary N) is 1. The number of alkyl halides is 3. The van der Waals surface area contributed by atoms with E-state index in [9.17, 15) is 22.4 Å². The van der Waals surface area contributed by atoms with Crippen LogP contribution in [-0.4, -0.2) is 56.9 Å². The highest BCUT2D eigenvalue weighted by atomic mass is 35.5. The fourth-order valence-electron chi connectivity index (χ4n) is 4.15. The molecular formula is C21H19ClF4N6O2. The molecule has 0 unspecified atom stereocenters. The van der Waals surface area contributed by atoms with E-state index in [2.05, 4.69) is 20.6 Å². The zero-order valence-electron chi connectivity index (χ0n) is 17.7. The number of nitrogens with zero attached hydrogens (tertiary/aromatic N) is 5. The Labute approximate surface area is 195 Å². The van der Waals surface area contributed by atoms with Crippen LogP contribution in [0.1, 0.15) is 29.9 Å². The zero-order chi connectivity index (χ0) is 24.1. The second-order valence-corrected chi connectivity index (χ2v) is 8.74. The van der Waals surface area contributed by atoms with Crippen LogP contribution in [0.2, 0.25) is 5.02 Å². The molecule has 13 heteroatoms. The van der Waals surface area contributed by atoms with Crippen molar-refractivity contribution in [1.29, 1.82) is 0 Å². The predicted octanol–water partition coefficient (Wildman–Crippen LogP) is 3.26. The van der Waals surface area contributed by atoms with E-state index in [-0.39, 0.29) is 22.4 Å². The number of hydrogen-bond donors (Lipinski definition) is 1. The summed E-state index contributed by atoms with van der Waals surface area (Å²) in [6.45, 7) is 1.41. The fraction of sp³-hybridized carbons (Fsp3) is 0.429. The van der Waals surface area contributed by atoms with Gasteiger partial charge in [-0.1, -0.05) is 22.8 Å². The third-order valence-corrected chi connectivity index (χ3v) is 6.41. The lowest BCUT2D eigenvalue weighted by molar-refractivity contribution is -0.145. The first kappa shape index (κ1) is 22.8. The van der Waals surface area contributed by atoms with E-state index in [1.807, 2.05) is 0 Å². The molecule has 0 bridgehead atoms. The van der Waals surface area contributed by atoms with Gasteiger partial charge in [0.2, 0.25) is 5.91 Å². The van der Waals surface area contributed by atoms with Crippen molar-refractivity contribution in [3.8, 4) is 11.6 Å². The Morgan fingerprint density at radius 3 is 2.59 bits per heavy atom. The lowest BCUT2D eigenvalue weighted by Gasteiger charge is -2.27. The van der Waals surface area contributed by atoms with Crippen LogP contribution in [0.4, 0.5) is 17.6 Å². The Hall–Kier alpha value is -2.99. The maximum Gasteiger partial charge on any atom is 0.433 e. The lowest BCUT2D eigenvalue weighted by Crippen LogP contribution is -2.47. The third kappa shape index (κ3) is 4.16. The molecule has 1 aromatic carbocycles. The summed E-state index contributed by atoms with van der Waals surface area (Å²) in [5.41, 5.74) is -1.36. The van der Waals surface area contributed by atoms with Crippen molar-refractivity contribution in [2.45, 2.75) is 31.0 Å². The number of amides is 1. The minimum atomic E-state index is -4.74. The number of aromatic nitrogens is 4. The van der Waals surface area contributed by atoms with Gasteiger partial charge in [-0.25, -0.2) is 4.39 Å². The molecule has 2 fully saturated rings. The molecule has 0 spiro atoms. The van der Waals surface area contributed by atoms with Crippen LogP contribution in [0.5, 0.6) is 0 Å². The maximum absolute atomic E-state index is 13.7. The quantitative estimate of drug-likeness (QED) is 0.543. The largest absolute Gasteiger partial charge is 0.433 e. The molecule has 34 heavy (non-hydrogen) atoms. The normalized spacial score (nSPS) is 17.7. The molecule has 1 saturated carbocycles. The molecule has 5 rings (SSSR count). The number of rotatable bonds is 5. The van der Waals surface area contributed by atoms with E-state index in [1.54, 1.807) is 6.07 Å². The van der Waals surface area contributed by atoms with E-state index in [4.69, 9.17) is 16.1 Å². The van der Waals surface area contributed by atoms with Gasteiger partial charge in [0.25, 0.3) is 5.89 Å². The molecule has 1 amide bonds. The molecule has 1 aliphatic heterocycles. The van der Waals surface area contributed by atoms with Crippen LogP contribution in [0.25, 0.3) is 11.6 Å². The highest BCUT2D eigenvalue weighted by Crippen LogP contribution is 2.54. The highest BCUT2D eigenvalue weighted by Gasteiger charge is 2.51. The molecule has 1 aliphatic carbocycles. The van der Waals surface area contributed by atoms with Gasteiger partial charge in [-0.3, -0.25) is 9.48 Å². The molecule has 8 nitrogen and oxygen atoms in total. The summed E-state index contributed by atoms with van der Waals surface area (Å²) in [5.74, 6) is -0.927. The lowest BCUT2D eigenvalue weighted by atomic mass is 9.95. The second kappa shape index (κ2) is 8.35. The van der Waals surface area contributed by atoms with Crippen molar-refractivity contribution in [1.82, 2.24) is 30.1 Å². The topological polar surface area (TPSA) is 89.1 Å². The van der Waals surface area contributed by atoms with Crippen molar-refractivity contribution in [3.05, 3.63) is 52.2 Å². The molecule has 3 aromatic rings. The second-order valence-electron chi connectivity index (χ2n) is 8.33. The first-order chi connectivity index (χ1) is 16.2. The van der Waals surface area contributed by atoms with E-state index >= 15 is 0 Å². The number of carbonyl (C=O) groups is 1. The number of hydrogen-bond acceptors (Lipinski definition) is 6. The third-order valence-electron chi connectivity index (χ3n) is 6.10. The van der Waals surface area contributed by atoms with Gasteiger partial charge in [-0.05, 0) is 30.5 Å². The summed E-state index contributed by atoms with van der Waals surface area (Å²) in [6.07, 6.45) is -3.49. The average Bonchev–Trinajstić information content (AvgIpc) is 3.23. The molecule has 0 radical (unpaired) electrons. The summed E-state index contributed by atoms with van der Waals surface area (Å²) in [4.78, 5) is 18.3. The van der Waals surface area contributed by atoms with Crippen molar-refractivity contribution in [2.75, 3.05) is 26.2 Å². The minimum absolute atomic E-state index is 0.194. The van der Waals surface area contributed by atoms with Gasteiger partial charge < -0.3 is 14.7 Å². The molecule has 180 valence electrons. The van der Waals surface area contributed by atoms with Gasteiger partial charge in [-0.15, -0.1) is 0 Å².